The molecule has 0 saturated carbocycles. The quantitative estimate of drug-likeness (QED) is 0.624. The first-order chi connectivity index (χ1) is 12.1. The first-order valence-corrected chi connectivity index (χ1v) is 9.14. The molecule has 0 heterocycles. The van der Waals surface area contributed by atoms with E-state index in [1.807, 2.05) is 0 Å². The molecule has 3 heteroatoms. The Morgan fingerprint density at radius 1 is 1.20 bits per heavy atom. The molecule has 1 nitrogen and oxygen atoms in total. The lowest BCUT2D eigenvalue weighted by Crippen LogP contribution is -2.16. The summed E-state index contributed by atoms with van der Waals surface area (Å²) in [4.78, 5) is 0. The van der Waals surface area contributed by atoms with Crippen LogP contribution in [0.15, 0.2) is 49.1 Å². The number of nitrogens with one attached hydrogen (secondary N) is 1. The molecule has 0 aromatic heterocycles. The van der Waals surface area contributed by atoms with E-state index in [1.54, 1.807) is 0 Å². The fraction of sp³-hybridized carbons (Fsp3) is 0.273. The highest BCUT2D eigenvalue weighted by molar-refractivity contribution is 6.31. The molecular weight excluding hydrogens is 333 g/mol. The number of benzene rings is 2. The van der Waals surface area contributed by atoms with Crippen molar-refractivity contribution in [1.82, 2.24) is 5.32 Å². The lowest BCUT2D eigenvalue weighted by atomic mass is 9.84. The molecule has 2 aromatic carbocycles. The molecule has 3 rings (SSSR count). The van der Waals surface area contributed by atoms with Crippen molar-refractivity contribution >= 4 is 22.7 Å². The van der Waals surface area contributed by atoms with Gasteiger partial charge in [0.15, 0.2) is 0 Å². The Kier molecular flexibility index (Phi) is 5.72. The summed E-state index contributed by atoms with van der Waals surface area (Å²) in [6.45, 7) is 8.16. The van der Waals surface area contributed by atoms with Crippen molar-refractivity contribution in [3.8, 4) is 0 Å². The fourth-order valence-corrected chi connectivity index (χ4v) is 3.56. The smallest absolute Gasteiger partial charge is 0.125 e. The Labute approximate surface area is 154 Å². The van der Waals surface area contributed by atoms with E-state index in [-0.39, 0.29) is 5.82 Å². The number of halogens is 2. The molecule has 0 atom stereocenters. The average Bonchev–Trinajstić information content (AvgIpc) is 2.60. The van der Waals surface area contributed by atoms with Gasteiger partial charge in [-0.25, -0.2) is 4.39 Å². The van der Waals surface area contributed by atoms with Crippen molar-refractivity contribution in [3.63, 3.8) is 0 Å². The summed E-state index contributed by atoms with van der Waals surface area (Å²) in [5.74, 6) is -0.317. The van der Waals surface area contributed by atoms with Gasteiger partial charge < -0.3 is 5.32 Å². The maximum absolute atomic E-state index is 13.7. The number of unbranched alkanes of at least 4 members (excludes halogenated alkanes) is 1. The third-order valence-electron chi connectivity index (χ3n) is 4.61. The van der Waals surface area contributed by atoms with Crippen LogP contribution in [0.3, 0.4) is 0 Å². The zero-order chi connectivity index (χ0) is 17.8. The van der Waals surface area contributed by atoms with Crippen LogP contribution in [-0.4, -0.2) is 6.54 Å². The molecule has 1 N–H and O–H groups in total. The van der Waals surface area contributed by atoms with Crippen molar-refractivity contribution < 1.29 is 4.39 Å². The van der Waals surface area contributed by atoms with Crippen LogP contribution >= 0.6 is 11.6 Å². The van der Waals surface area contributed by atoms with Gasteiger partial charge in [0.05, 0.1) is 0 Å². The predicted molar refractivity (Wildman–Crippen MR) is 105 cm³/mol. The Balaban J connectivity index is 1.89. The molecule has 0 fully saturated rings. The lowest BCUT2D eigenvalue weighted by Gasteiger charge is -2.22. The summed E-state index contributed by atoms with van der Waals surface area (Å²) in [5.41, 5.74) is 6.23. The van der Waals surface area contributed by atoms with Crippen molar-refractivity contribution in [2.45, 2.75) is 32.7 Å². The van der Waals surface area contributed by atoms with Gasteiger partial charge in [-0.3, -0.25) is 0 Å². The van der Waals surface area contributed by atoms with E-state index in [9.17, 15) is 4.39 Å². The maximum Gasteiger partial charge on any atom is 0.125 e. The van der Waals surface area contributed by atoms with Gasteiger partial charge in [-0.2, -0.15) is 0 Å². The fourth-order valence-electron chi connectivity index (χ4n) is 3.28. The molecule has 130 valence electrons. The van der Waals surface area contributed by atoms with Crippen molar-refractivity contribution in [2.24, 2.45) is 0 Å². The van der Waals surface area contributed by atoms with E-state index in [1.165, 1.54) is 41.7 Å². The van der Waals surface area contributed by atoms with E-state index in [0.717, 1.165) is 29.8 Å². The minimum absolute atomic E-state index is 0.317. The third kappa shape index (κ3) is 4.02. The molecule has 0 saturated heterocycles. The van der Waals surface area contributed by atoms with Crippen LogP contribution in [0.1, 0.15) is 42.0 Å². The Hall–Kier alpha value is -1.90. The zero-order valence-corrected chi connectivity index (χ0v) is 15.3. The van der Waals surface area contributed by atoms with Crippen LogP contribution in [0.2, 0.25) is 5.02 Å². The highest BCUT2D eigenvalue weighted by Gasteiger charge is 2.20. The first-order valence-electron chi connectivity index (χ1n) is 8.77. The van der Waals surface area contributed by atoms with Crippen LogP contribution in [0.25, 0.3) is 11.1 Å². The number of rotatable bonds is 6. The SMILES string of the molecule is C=C1C=C(c2ccccc2CNCCCC)Cc2c(Cl)cc(F)cc21. The molecular formula is C22H23ClFN. The van der Waals surface area contributed by atoms with E-state index < -0.39 is 0 Å². The second-order valence-electron chi connectivity index (χ2n) is 6.47. The van der Waals surface area contributed by atoms with Gasteiger partial charge in [-0.1, -0.05) is 61.9 Å². The van der Waals surface area contributed by atoms with Crippen LogP contribution in [0.4, 0.5) is 4.39 Å². The average molecular weight is 356 g/mol. The molecule has 0 bridgehead atoms. The number of hydrogen-bond acceptors (Lipinski definition) is 1. The largest absolute Gasteiger partial charge is 0.313 e. The molecule has 1 aliphatic carbocycles. The third-order valence-corrected chi connectivity index (χ3v) is 4.94. The molecule has 1 aliphatic rings. The summed E-state index contributed by atoms with van der Waals surface area (Å²) in [5, 5.41) is 3.98. The molecule has 0 radical (unpaired) electrons. The highest BCUT2D eigenvalue weighted by atomic mass is 35.5. The van der Waals surface area contributed by atoms with Crippen LogP contribution in [0.5, 0.6) is 0 Å². The molecule has 25 heavy (non-hydrogen) atoms. The van der Waals surface area contributed by atoms with Crippen molar-refractivity contribution in [2.75, 3.05) is 6.54 Å². The Morgan fingerprint density at radius 2 is 2.00 bits per heavy atom. The minimum Gasteiger partial charge on any atom is -0.313 e. The number of fused-ring (bicyclic) bond motifs is 1. The van der Waals surface area contributed by atoms with Gasteiger partial charge in [0.25, 0.3) is 0 Å². The standard InChI is InChI=1S/C22H23ClFN/c1-3-4-9-25-14-16-7-5-6-8-19(16)17-10-15(2)20-12-18(24)13-22(23)21(20)11-17/h5-8,10,12-13,25H,2-4,9,11,14H2,1H3. The highest BCUT2D eigenvalue weighted by Crippen LogP contribution is 2.38. The second kappa shape index (κ2) is 7.99. The number of hydrogen-bond donors (Lipinski definition) is 1. The van der Waals surface area contributed by atoms with Crippen molar-refractivity contribution in [3.05, 3.63) is 82.1 Å². The van der Waals surface area contributed by atoms with Gasteiger partial charge >= 0.3 is 0 Å². The van der Waals surface area contributed by atoms with Crippen molar-refractivity contribution in [1.29, 1.82) is 0 Å². The minimum atomic E-state index is -0.317. The molecule has 0 spiro atoms. The molecule has 2 aromatic rings. The van der Waals surface area contributed by atoms with Gasteiger partial charge in [-0.05, 0) is 58.5 Å². The summed E-state index contributed by atoms with van der Waals surface area (Å²) >= 11 is 6.30. The topological polar surface area (TPSA) is 12.0 Å². The van der Waals surface area contributed by atoms with E-state index in [2.05, 4.69) is 49.2 Å². The summed E-state index contributed by atoms with van der Waals surface area (Å²) in [6.07, 6.45) is 5.12. The van der Waals surface area contributed by atoms with E-state index in [0.29, 0.717) is 11.4 Å². The lowest BCUT2D eigenvalue weighted by molar-refractivity contribution is 0.626. The van der Waals surface area contributed by atoms with Gasteiger partial charge in [0.1, 0.15) is 5.82 Å². The normalized spacial score (nSPS) is 13.6. The van der Waals surface area contributed by atoms with E-state index >= 15 is 0 Å². The summed E-state index contributed by atoms with van der Waals surface area (Å²) in [7, 11) is 0. The molecule has 0 unspecified atom stereocenters. The predicted octanol–water partition coefficient (Wildman–Crippen LogP) is 6.02. The van der Waals surface area contributed by atoms with Gasteiger partial charge in [0, 0.05) is 18.0 Å². The molecule has 0 amide bonds. The van der Waals surface area contributed by atoms with Gasteiger partial charge in [0.2, 0.25) is 0 Å². The van der Waals surface area contributed by atoms with Crippen LogP contribution < -0.4 is 5.32 Å². The summed E-state index contributed by atoms with van der Waals surface area (Å²) in [6, 6.07) is 11.3. The Bertz CT molecular complexity index is 823. The molecule has 0 aliphatic heterocycles. The summed E-state index contributed by atoms with van der Waals surface area (Å²) < 4.78 is 13.7. The van der Waals surface area contributed by atoms with Gasteiger partial charge in [-0.15, -0.1) is 0 Å². The zero-order valence-electron chi connectivity index (χ0n) is 14.5. The van der Waals surface area contributed by atoms with E-state index in [4.69, 9.17) is 11.6 Å². The maximum atomic E-state index is 13.7. The number of allylic oxidation sites excluding steroid dienone is 3. The Morgan fingerprint density at radius 3 is 2.80 bits per heavy atom. The first kappa shape index (κ1) is 17.9. The second-order valence-corrected chi connectivity index (χ2v) is 6.88. The van der Waals surface area contributed by atoms with Crippen LogP contribution in [-0.2, 0) is 13.0 Å². The van der Waals surface area contributed by atoms with Crippen LogP contribution in [0, 0.1) is 5.82 Å². The monoisotopic (exact) mass is 355 g/mol.